The topological polar surface area (TPSA) is 0 Å². The highest BCUT2D eigenvalue weighted by Crippen LogP contribution is 2.08. The predicted molar refractivity (Wildman–Crippen MR) is 58.2 cm³/mol. The van der Waals surface area contributed by atoms with E-state index in [1.54, 1.807) is 0 Å². The Balaban J connectivity index is 2.36. The van der Waals surface area contributed by atoms with Crippen LogP contribution in [0.2, 0.25) is 0 Å². The van der Waals surface area contributed by atoms with Gasteiger partial charge in [-0.3, -0.25) is 0 Å². The van der Waals surface area contributed by atoms with Crippen molar-refractivity contribution in [1.29, 1.82) is 0 Å². The van der Waals surface area contributed by atoms with Crippen LogP contribution >= 0.6 is 11.8 Å². The van der Waals surface area contributed by atoms with Gasteiger partial charge >= 0.3 is 0 Å². The van der Waals surface area contributed by atoms with Crippen LogP contribution in [0.15, 0.2) is 35.7 Å². The largest absolute Gasteiger partial charge is 0.134 e. The molecule has 0 radical (unpaired) electrons. The van der Waals surface area contributed by atoms with Gasteiger partial charge in [0.15, 0.2) is 0 Å². The summed E-state index contributed by atoms with van der Waals surface area (Å²) < 4.78 is 0. The molecule has 0 nitrogen and oxygen atoms in total. The SMILES string of the molecule is CCCS/C=C/c1ccccc1. The Morgan fingerprint density at radius 1 is 1.25 bits per heavy atom. The van der Waals surface area contributed by atoms with Crippen LogP contribution in [0.5, 0.6) is 0 Å². The summed E-state index contributed by atoms with van der Waals surface area (Å²) in [5.41, 5.74) is 1.28. The highest BCUT2D eigenvalue weighted by atomic mass is 32.2. The molecule has 12 heavy (non-hydrogen) atoms. The fourth-order valence-corrected chi connectivity index (χ4v) is 1.50. The van der Waals surface area contributed by atoms with Crippen LogP contribution in [0.25, 0.3) is 6.08 Å². The maximum Gasteiger partial charge on any atom is -0.00286 e. The molecule has 0 saturated heterocycles. The number of hydrogen-bond acceptors (Lipinski definition) is 1. The van der Waals surface area contributed by atoms with E-state index in [9.17, 15) is 0 Å². The van der Waals surface area contributed by atoms with Crippen LogP contribution in [-0.4, -0.2) is 5.75 Å². The fraction of sp³-hybridized carbons (Fsp3) is 0.273. The van der Waals surface area contributed by atoms with E-state index in [4.69, 9.17) is 0 Å². The Morgan fingerprint density at radius 2 is 2.00 bits per heavy atom. The van der Waals surface area contributed by atoms with Crippen molar-refractivity contribution in [2.45, 2.75) is 13.3 Å². The zero-order chi connectivity index (χ0) is 8.65. The second-order valence-corrected chi connectivity index (χ2v) is 3.60. The van der Waals surface area contributed by atoms with Crippen molar-refractivity contribution in [1.82, 2.24) is 0 Å². The molecule has 0 unspecified atom stereocenters. The van der Waals surface area contributed by atoms with Crippen LogP contribution in [0, 0.1) is 0 Å². The van der Waals surface area contributed by atoms with Gasteiger partial charge < -0.3 is 0 Å². The third-order valence-corrected chi connectivity index (χ3v) is 2.45. The molecule has 0 bridgehead atoms. The first-order chi connectivity index (χ1) is 5.93. The highest BCUT2D eigenvalue weighted by molar-refractivity contribution is 8.02. The molecule has 1 aromatic rings. The van der Waals surface area contributed by atoms with Crippen molar-refractivity contribution in [2.75, 3.05) is 5.75 Å². The molecule has 1 heteroatoms. The molecule has 0 saturated carbocycles. The van der Waals surface area contributed by atoms with Crippen molar-refractivity contribution in [3.8, 4) is 0 Å². The normalized spacial score (nSPS) is 10.8. The van der Waals surface area contributed by atoms with Crippen molar-refractivity contribution >= 4 is 17.8 Å². The first-order valence-electron chi connectivity index (χ1n) is 4.26. The van der Waals surface area contributed by atoms with Gasteiger partial charge in [-0.1, -0.05) is 37.3 Å². The van der Waals surface area contributed by atoms with Crippen molar-refractivity contribution < 1.29 is 0 Å². The predicted octanol–water partition coefficient (Wildman–Crippen LogP) is 3.80. The van der Waals surface area contributed by atoms with Crippen molar-refractivity contribution in [3.63, 3.8) is 0 Å². The van der Waals surface area contributed by atoms with Gasteiger partial charge in [0.05, 0.1) is 0 Å². The summed E-state index contributed by atoms with van der Waals surface area (Å²) in [7, 11) is 0. The summed E-state index contributed by atoms with van der Waals surface area (Å²) in [4.78, 5) is 0. The molecule has 1 rings (SSSR count). The fourth-order valence-electron chi connectivity index (χ4n) is 0.877. The molecule has 0 spiro atoms. The van der Waals surface area contributed by atoms with Crippen LogP contribution in [0.1, 0.15) is 18.9 Å². The minimum atomic E-state index is 1.21. The van der Waals surface area contributed by atoms with E-state index in [1.165, 1.54) is 17.7 Å². The number of thioether (sulfide) groups is 1. The van der Waals surface area contributed by atoms with Gasteiger partial charge in [-0.15, -0.1) is 11.8 Å². The molecule has 64 valence electrons. The molecule has 1 aromatic carbocycles. The first-order valence-corrected chi connectivity index (χ1v) is 5.31. The third kappa shape index (κ3) is 3.63. The lowest BCUT2D eigenvalue weighted by Crippen LogP contribution is -1.69. The molecular formula is C11H14S. The molecule has 0 aliphatic heterocycles. The summed E-state index contributed by atoms with van der Waals surface area (Å²) >= 11 is 1.87. The summed E-state index contributed by atoms with van der Waals surface area (Å²) in [6, 6.07) is 10.4. The number of hydrogen-bond donors (Lipinski definition) is 0. The van der Waals surface area contributed by atoms with E-state index in [-0.39, 0.29) is 0 Å². The van der Waals surface area contributed by atoms with Gasteiger partial charge in [0.2, 0.25) is 0 Å². The zero-order valence-corrected chi connectivity index (χ0v) is 8.18. The van der Waals surface area contributed by atoms with Crippen LogP contribution < -0.4 is 0 Å². The number of benzene rings is 1. The van der Waals surface area contributed by atoms with Crippen LogP contribution in [0.4, 0.5) is 0 Å². The standard InChI is InChI=1S/C11H14S/c1-2-9-12-10-8-11-6-4-3-5-7-11/h3-8,10H,2,9H2,1H3/b10-8+. The number of rotatable bonds is 4. The Labute approximate surface area is 78.7 Å². The minimum Gasteiger partial charge on any atom is -0.134 e. The van der Waals surface area contributed by atoms with Crippen LogP contribution in [0.3, 0.4) is 0 Å². The van der Waals surface area contributed by atoms with Crippen LogP contribution in [-0.2, 0) is 0 Å². The molecule has 0 fully saturated rings. The van der Waals surface area contributed by atoms with Crippen molar-refractivity contribution in [2.24, 2.45) is 0 Å². The lowest BCUT2D eigenvalue weighted by molar-refractivity contribution is 1.11. The maximum absolute atomic E-state index is 2.20. The first kappa shape index (κ1) is 9.40. The van der Waals surface area contributed by atoms with E-state index < -0.39 is 0 Å². The summed E-state index contributed by atoms with van der Waals surface area (Å²) in [6.45, 7) is 2.20. The molecule has 0 aromatic heterocycles. The molecule has 0 aliphatic carbocycles. The van der Waals surface area contributed by atoms with Crippen molar-refractivity contribution in [3.05, 3.63) is 41.3 Å². The third-order valence-electron chi connectivity index (χ3n) is 1.48. The average molecular weight is 178 g/mol. The highest BCUT2D eigenvalue weighted by Gasteiger charge is 1.82. The zero-order valence-electron chi connectivity index (χ0n) is 7.36. The Morgan fingerprint density at radius 3 is 2.67 bits per heavy atom. The van der Waals surface area contributed by atoms with Gasteiger partial charge in [-0.05, 0) is 29.2 Å². The Hall–Kier alpha value is -0.690. The molecule has 0 heterocycles. The van der Waals surface area contributed by atoms with Gasteiger partial charge in [0.1, 0.15) is 0 Å². The van der Waals surface area contributed by atoms with Gasteiger partial charge in [0.25, 0.3) is 0 Å². The molecule has 0 atom stereocenters. The average Bonchev–Trinajstić information content (AvgIpc) is 2.14. The minimum absolute atomic E-state index is 1.21. The monoisotopic (exact) mass is 178 g/mol. The van der Waals surface area contributed by atoms with E-state index in [0.717, 1.165) is 0 Å². The molecule has 0 aliphatic rings. The summed E-state index contributed by atoms with van der Waals surface area (Å²) in [6.07, 6.45) is 3.39. The maximum atomic E-state index is 2.20. The Kier molecular flexibility index (Phi) is 4.62. The van der Waals surface area contributed by atoms with E-state index >= 15 is 0 Å². The van der Waals surface area contributed by atoms with Gasteiger partial charge in [-0.25, -0.2) is 0 Å². The molecule has 0 N–H and O–H groups in total. The lowest BCUT2D eigenvalue weighted by Gasteiger charge is -1.91. The second kappa shape index (κ2) is 5.90. The quantitative estimate of drug-likeness (QED) is 0.632. The summed E-state index contributed by atoms with van der Waals surface area (Å²) in [5, 5.41) is 2.17. The van der Waals surface area contributed by atoms with E-state index in [0.29, 0.717) is 0 Å². The smallest absolute Gasteiger partial charge is 0.00286 e. The molecular weight excluding hydrogens is 164 g/mol. The second-order valence-electron chi connectivity index (χ2n) is 2.58. The Bertz CT molecular complexity index is 226. The lowest BCUT2D eigenvalue weighted by atomic mass is 10.2. The van der Waals surface area contributed by atoms with E-state index in [2.05, 4.69) is 42.7 Å². The van der Waals surface area contributed by atoms with Gasteiger partial charge in [-0.2, -0.15) is 0 Å². The van der Waals surface area contributed by atoms with E-state index in [1.807, 2.05) is 17.8 Å². The summed E-state index contributed by atoms with van der Waals surface area (Å²) in [5.74, 6) is 1.21. The molecule has 0 amide bonds. The van der Waals surface area contributed by atoms with Gasteiger partial charge in [0, 0.05) is 0 Å².